The molecule has 0 radical (unpaired) electrons. The number of aromatic hydroxyl groups is 1. The second kappa shape index (κ2) is 8.73. The Morgan fingerprint density at radius 3 is 2.48 bits per heavy atom. The van der Waals surface area contributed by atoms with Crippen LogP contribution in [-0.2, 0) is 9.59 Å². The van der Waals surface area contributed by atoms with Crippen LogP contribution in [0.15, 0.2) is 42.5 Å². The highest BCUT2D eigenvalue weighted by molar-refractivity contribution is 6.10. The second-order valence-corrected chi connectivity index (χ2v) is 9.93. The molecule has 2 aromatic carbocycles. The van der Waals surface area contributed by atoms with E-state index in [1.165, 1.54) is 0 Å². The molecule has 1 fully saturated rings. The number of anilines is 1. The maximum atomic E-state index is 13.4. The third kappa shape index (κ3) is 5.25. The van der Waals surface area contributed by atoms with Gasteiger partial charge in [-0.1, -0.05) is 51.1 Å². The quantitative estimate of drug-likeness (QED) is 0.623. The van der Waals surface area contributed by atoms with Gasteiger partial charge in [0.2, 0.25) is 11.8 Å². The van der Waals surface area contributed by atoms with Gasteiger partial charge in [-0.2, -0.15) is 0 Å². The van der Waals surface area contributed by atoms with Crippen LogP contribution >= 0.6 is 0 Å². The normalized spacial score (nSPS) is 20.3. The summed E-state index contributed by atoms with van der Waals surface area (Å²) in [4.78, 5) is 40.1. The van der Waals surface area contributed by atoms with E-state index in [9.17, 15) is 19.5 Å². The number of hydrogen-bond donors (Lipinski definition) is 3. The van der Waals surface area contributed by atoms with E-state index in [1.807, 2.05) is 39.0 Å². The van der Waals surface area contributed by atoms with Crippen molar-refractivity contribution in [2.75, 3.05) is 11.9 Å². The van der Waals surface area contributed by atoms with Gasteiger partial charge < -0.3 is 20.6 Å². The molecule has 0 spiro atoms. The molecular formula is C26H29N3O4. The number of amides is 3. The van der Waals surface area contributed by atoms with E-state index in [-0.39, 0.29) is 34.9 Å². The maximum absolute atomic E-state index is 13.4. The number of hydrogen-bond acceptors (Lipinski definition) is 4. The van der Waals surface area contributed by atoms with Crippen LogP contribution in [0.4, 0.5) is 5.69 Å². The van der Waals surface area contributed by atoms with Crippen LogP contribution < -0.4 is 10.6 Å². The molecule has 2 aromatic rings. The molecule has 7 heteroatoms. The topological polar surface area (TPSA) is 98.7 Å². The fourth-order valence-electron chi connectivity index (χ4n) is 4.27. The van der Waals surface area contributed by atoms with Crippen molar-refractivity contribution < 1.29 is 19.5 Å². The molecule has 0 aromatic heterocycles. The zero-order valence-corrected chi connectivity index (χ0v) is 19.1. The van der Waals surface area contributed by atoms with E-state index >= 15 is 0 Å². The highest BCUT2D eigenvalue weighted by Gasteiger charge is 2.43. The number of carbonyl (C=O) groups is 3. The number of carbonyl (C=O) groups excluding carboxylic acids is 3. The van der Waals surface area contributed by atoms with Crippen molar-refractivity contribution in [2.45, 2.75) is 45.7 Å². The van der Waals surface area contributed by atoms with Gasteiger partial charge in [0.15, 0.2) is 0 Å². The van der Waals surface area contributed by atoms with Crippen LogP contribution in [0.3, 0.4) is 0 Å². The summed E-state index contributed by atoms with van der Waals surface area (Å²) in [5.74, 6) is -0.325. The van der Waals surface area contributed by atoms with Crippen molar-refractivity contribution in [3.63, 3.8) is 0 Å². The molecule has 7 nitrogen and oxygen atoms in total. The van der Waals surface area contributed by atoms with E-state index in [4.69, 9.17) is 0 Å². The van der Waals surface area contributed by atoms with Gasteiger partial charge in [-0.3, -0.25) is 14.4 Å². The molecule has 33 heavy (non-hydrogen) atoms. The van der Waals surface area contributed by atoms with Crippen molar-refractivity contribution in [1.82, 2.24) is 10.2 Å². The first-order valence-corrected chi connectivity index (χ1v) is 11.1. The summed E-state index contributed by atoms with van der Waals surface area (Å²) in [6.07, 6.45) is 4.55. The maximum Gasteiger partial charge on any atom is 0.256 e. The molecule has 172 valence electrons. The van der Waals surface area contributed by atoms with Gasteiger partial charge in [-0.05, 0) is 47.2 Å². The van der Waals surface area contributed by atoms with Crippen molar-refractivity contribution in [2.24, 2.45) is 5.41 Å². The molecule has 0 aliphatic carbocycles. The van der Waals surface area contributed by atoms with Crippen LogP contribution in [0.25, 0.3) is 12.2 Å². The summed E-state index contributed by atoms with van der Waals surface area (Å²) >= 11 is 0. The Morgan fingerprint density at radius 1 is 1.12 bits per heavy atom. The summed E-state index contributed by atoms with van der Waals surface area (Å²) in [6, 6.07) is 11.3. The Kier molecular flexibility index (Phi) is 5.97. The number of nitrogens with zero attached hydrogens (tertiary/aromatic N) is 1. The predicted octanol–water partition coefficient (Wildman–Crippen LogP) is 3.65. The van der Waals surface area contributed by atoms with Crippen molar-refractivity contribution >= 4 is 35.6 Å². The molecule has 1 saturated heterocycles. The van der Waals surface area contributed by atoms with Crippen LogP contribution in [0.2, 0.25) is 0 Å². The van der Waals surface area contributed by atoms with Gasteiger partial charge in [-0.25, -0.2) is 0 Å². The minimum atomic E-state index is -0.610. The predicted molar refractivity (Wildman–Crippen MR) is 128 cm³/mol. The smallest absolute Gasteiger partial charge is 0.256 e. The minimum absolute atomic E-state index is 0.0694. The number of phenolic OH excluding ortho intramolecular Hbond substituents is 1. The Hall–Kier alpha value is -3.61. The standard InChI is InChI=1S/C26H29N3O4/c1-26(2,3)14-23(31)27-18-13-22-24(32)28-21-11-8-17(12-20(21)25(33)29(22)15-18)5-4-16-6-9-19(30)10-7-16/h4-12,18,22,30H,13-15H2,1-3H3,(H,27,31)(H,28,32)/t18-,22-/m1/s1. The van der Waals surface area contributed by atoms with Crippen LogP contribution in [0.5, 0.6) is 5.75 Å². The second-order valence-electron chi connectivity index (χ2n) is 9.93. The van der Waals surface area contributed by atoms with Crippen molar-refractivity contribution in [3.8, 4) is 5.75 Å². The zero-order chi connectivity index (χ0) is 23.8. The molecule has 2 atom stereocenters. The third-order valence-corrected chi connectivity index (χ3v) is 5.81. The van der Waals surface area contributed by atoms with E-state index in [0.717, 1.165) is 11.1 Å². The molecule has 0 unspecified atom stereocenters. The molecule has 2 aliphatic heterocycles. The van der Waals surface area contributed by atoms with Crippen LogP contribution in [0, 0.1) is 5.41 Å². The molecule has 2 aliphatic rings. The summed E-state index contributed by atoms with van der Waals surface area (Å²) in [7, 11) is 0. The number of phenols is 1. The highest BCUT2D eigenvalue weighted by Crippen LogP contribution is 2.30. The monoisotopic (exact) mass is 447 g/mol. The highest BCUT2D eigenvalue weighted by atomic mass is 16.3. The largest absolute Gasteiger partial charge is 0.508 e. The molecule has 2 heterocycles. The Balaban J connectivity index is 1.52. The molecular weight excluding hydrogens is 418 g/mol. The van der Waals surface area contributed by atoms with E-state index in [0.29, 0.717) is 30.6 Å². The van der Waals surface area contributed by atoms with Crippen molar-refractivity contribution in [3.05, 3.63) is 59.2 Å². The summed E-state index contributed by atoms with van der Waals surface area (Å²) in [6.45, 7) is 6.29. The van der Waals surface area contributed by atoms with Gasteiger partial charge in [0, 0.05) is 19.0 Å². The minimum Gasteiger partial charge on any atom is -0.508 e. The Labute approximate surface area is 193 Å². The SMILES string of the molecule is CC(C)(C)CC(=O)N[C@@H]1C[C@@H]2C(=O)Nc3ccc(C=Cc4ccc(O)cc4)cc3C(=O)N2C1. The first-order chi connectivity index (χ1) is 15.6. The fraction of sp³-hybridized carbons (Fsp3) is 0.346. The van der Waals surface area contributed by atoms with Gasteiger partial charge in [0.1, 0.15) is 11.8 Å². The lowest BCUT2D eigenvalue weighted by Crippen LogP contribution is -2.41. The molecule has 4 rings (SSSR count). The van der Waals surface area contributed by atoms with Gasteiger partial charge >= 0.3 is 0 Å². The number of fused-ring (bicyclic) bond motifs is 2. The number of benzene rings is 2. The van der Waals surface area contributed by atoms with Gasteiger partial charge in [0.25, 0.3) is 5.91 Å². The average molecular weight is 448 g/mol. The summed E-state index contributed by atoms with van der Waals surface area (Å²) in [5.41, 5.74) is 2.52. The average Bonchev–Trinajstić information content (AvgIpc) is 3.12. The Bertz CT molecular complexity index is 1120. The fourth-order valence-corrected chi connectivity index (χ4v) is 4.27. The van der Waals surface area contributed by atoms with E-state index in [2.05, 4.69) is 10.6 Å². The molecule has 0 bridgehead atoms. The number of rotatable bonds is 4. The Morgan fingerprint density at radius 2 is 1.79 bits per heavy atom. The van der Waals surface area contributed by atoms with Crippen LogP contribution in [-0.4, -0.2) is 46.4 Å². The molecule has 3 N–H and O–H groups in total. The summed E-state index contributed by atoms with van der Waals surface area (Å²) < 4.78 is 0. The number of nitrogens with one attached hydrogen (secondary N) is 2. The zero-order valence-electron chi connectivity index (χ0n) is 19.1. The lowest BCUT2D eigenvalue weighted by atomic mass is 9.92. The first-order valence-electron chi connectivity index (χ1n) is 11.1. The molecule has 0 saturated carbocycles. The van der Waals surface area contributed by atoms with Crippen LogP contribution in [0.1, 0.15) is 55.1 Å². The van der Waals surface area contributed by atoms with Gasteiger partial charge in [0.05, 0.1) is 11.3 Å². The van der Waals surface area contributed by atoms with E-state index < -0.39 is 6.04 Å². The lowest BCUT2D eigenvalue weighted by Gasteiger charge is -2.21. The molecule has 3 amide bonds. The van der Waals surface area contributed by atoms with E-state index in [1.54, 1.807) is 41.3 Å². The van der Waals surface area contributed by atoms with Crippen molar-refractivity contribution in [1.29, 1.82) is 0 Å². The summed E-state index contributed by atoms with van der Waals surface area (Å²) in [5, 5.41) is 15.3. The third-order valence-electron chi connectivity index (χ3n) is 5.81. The lowest BCUT2D eigenvalue weighted by molar-refractivity contribution is -0.123. The van der Waals surface area contributed by atoms with Gasteiger partial charge in [-0.15, -0.1) is 0 Å². The first kappa shape index (κ1) is 22.6.